The van der Waals surface area contributed by atoms with Gasteiger partial charge in [0.05, 0.1) is 24.2 Å². The summed E-state index contributed by atoms with van der Waals surface area (Å²) >= 11 is 1.21. The Hall–Kier alpha value is -2.74. The van der Waals surface area contributed by atoms with E-state index in [0.29, 0.717) is 23.4 Å². The molecule has 0 saturated carbocycles. The van der Waals surface area contributed by atoms with Crippen molar-refractivity contribution in [3.8, 4) is 17.2 Å². The van der Waals surface area contributed by atoms with E-state index in [1.165, 1.54) is 11.8 Å². The molecule has 3 rings (SSSR count). The smallest absolute Gasteiger partial charge is 0.277 e. The maximum Gasteiger partial charge on any atom is 0.277 e. The topological polar surface area (TPSA) is 90.4 Å². The van der Waals surface area contributed by atoms with Crippen molar-refractivity contribution in [2.45, 2.75) is 30.9 Å². The minimum absolute atomic E-state index is 0.125. The molecular weight excluding hydrogens is 354 g/mol. The molecule has 0 unspecified atom stereocenters. The maximum atomic E-state index is 12.3. The molecule has 0 fully saturated rings. The molecule has 2 heterocycles. The Morgan fingerprint density at radius 3 is 2.85 bits per heavy atom. The second-order valence-electron chi connectivity index (χ2n) is 5.55. The van der Waals surface area contributed by atoms with Crippen LogP contribution in [-0.4, -0.2) is 28.5 Å². The van der Waals surface area contributed by atoms with Crippen molar-refractivity contribution < 1.29 is 18.4 Å². The number of aromatic nitrogens is 2. The Kier molecular flexibility index (Phi) is 5.62. The summed E-state index contributed by atoms with van der Waals surface area (Å²) in [4.78, 5) is 12.3. The fraction of sp³-hybridized carbons (Fsp3) is 0.278. The number of benzene rings is 1. The Morgan fingerprint density at radius 1 is 1.31 bits per heavy atom. The number of amides is 1. The maximum absolute atomic E-state index is 12.3. The van der Waals surface area contributed by atoms with Crippen molar-refractivity contribution in [3.63, 3.8) is 0 Å². The van der Waals surface area contributed by atoms with Gasteiger partial charge in [-0.15, -0.1) is 10.2 Å². The van der Waals surface area contributed by atoms with Gasteiger partial charge in [0, 0.05) is 12.1 Å². The zero-order valence-corrected chi connectivity index (χ0v) is 15.5. The van der Waals surface area contributed by atoms with E-state index in [-0.39, 0.29) is 11.2 Å². The normalized spacial score (nSPS) is 12.0. The summed E-state index contributed by atoms with van der Waals surface area (Å²) in [5.74, 6) is 1.69. The first kappa shape index (κ1) is 18.1. The number of nitrogens with one attached hydrogen (secondary N) is 1. The molecule has 1 aromatic carbocycles. The zero-order chi connectivity index (χ0) is 18.5. The largest absolute Gasteiger partial charge is 0.496 e. The second-order valence-corrected chi connectivity index (χ2v) is 6.85. The molecule has 3 aromatic rings. The molecule has 0 spiro atoms. The number of ether oxygens (including phenoxy) is 1. The third kappa shape index (κ3) is 4.08. The molecule has 0 aliphatic carbocycles. The van der Waals surface area contributed by atoms with Gasteiger partial charge in [-0.05, 0) is 26.0 Å². The number of para-hydroxylation sites is 1. The van der Waals surface area contributed by atoms with Gasteiger partial charge in [-0.25, -0.2) is 0 Å². The van der Waals surface area contributed by atoms with Gasteiger partial charge in [0.1, 0.15) is 11.5 Å². The van der Waals surface area contributed by atoms with E-state index in [2.05, 4.69) is 15.5 Å². The van der Waals surface area contributed by atoms with Gasteiger partial charge in [-0.2, -0.15) is 0 Å². The summed E-state index contributed by atoms with van der Waals surface area (Å²) in [5, 5.41) is 10.8. The molecule has 136 valence electrons. The number of methoxy groups -OCH3 is 1. The quantitative estimate of drug-likeness (QED) is 0.634. The van der Waals surface area contributed by atoms with Crippen LogP contribution < -0.4 is 10.1 Å². The lowest BCUT2D eigenvalue weighted by atomic mass is 10.2. The summed E-state index contributed by atoms with van der Waals surface area (Å²) in [5.41, 5.74) is 1.66. The summed E-state index contributed by atoms with van der Waals surface area (Å²) in [6, 6.07) is 9.32. The number of carbonyl (C=O) groups is 1. The minimum Gasteiger partial charge on any atom is -0.496 e. The average Bonchev–Trinajstić information content (AvgIpc) is 3.28. The lowest BCUT2D eigenvalue weighted by molar-refractivity contribution is -0.120. The van der Waals surface area contributed by atoms with Crippen LogP contribution in [0.25, 0.3) is 11.5 Å². The minimum atomic E-state index is -0.386. The Bertz CT molecular complexity index is 890. The van der Waals surface area contributed by atoms with Crippen LogP contribution in [0, 0.1) is 6.92 Å². The van der Waals surface area contributed by atoms with Crippen LogP contribution in [0.5, 0.6) is 5.75 Å². The van der Waals surface area contributed by atoms with Crippen LogP contribution in [0.15, 0.2) is 50.7 Å². The standard InChI is InChI=1S/C18H19N3O4S/c1-11-14(8-9-24-11)17-20-21-18(25-17)26-12(2)16(22)19-10-13-6-4-5-7-15(13)23-3/h4-9,12H,10H2,1-3H3,(H,19,22)/t12-/m0/s1. The Morgan fingerprint density at radius 2 is 2.12 bits per heavy atom. The summed E-state index contributed by atoms with van der Waals surface area (Å²) in [6.45, 7) is 3.99. The Labute approximate surface area is 155 Å². The van der Waals surface area contributed by atoms with Crippen molar-refractivity contribution in [2.24, 2.45) is 0 Å². The summed E-state index contributed by atoms with van der Waals surface area (Å²) in [7, 11) is 1.61. The number of hydrogen-bond acceptors (Lipinski definition) is 7. The van der Waals surface area contributed by atoms with Crippen LogP contribution in [-0.2, 0) is 11.3 Å². The highest BCUT2D eigenvalue weighted by molar-refractivity contribution is 8.00. The monoisotopic (exact) mass is 373 g/mol. The number of aryl methyl sites for hydroxylation is 1. The average molecular weight is 373 g/mol. The predicted octanol–water partition coefficient (Wildman–Crippen LogP) is 3.44. The van der Waals surface area contributed by atoms with E-state index in [9.17, 15) is 4.79 Å². The molecule has 7 nitrogen and oxygen atoms in total. The molecule has 0 radical (unpaired) electrons. The summed E-state index contributed by atoms with van der Waals surface area (Å²) in [6.07, 6.45) is 1.57. The molecule has 8 heteroatoms. The molecule has 1 atom stereocenters. The molecule has 0 aliphatic rings. The number of carbonyl (C=O) groups excluding carboxylic acids is 1. The third-order valence-corrected chi connectivity index (χ3v) is 4.72. The van der Waals surface area contributed by atoms with Gasteiger partial charge in [0.15, 0.2) is 0 Å². The van der Waals surface area contributed by atoms with E-state index in [1.807, 2.05) is 31.2 Å². The predicted molar refractivity (Wildman–Crippen MR) is 96.9 cm³/mol. The van der Waals surface area contributed by atoms with Crippen LogP contribution >= 0.6 is 11.8 Å². The van der Waals surface area contributed by atoms with Crippen LogP contribution in [0.3, 0.4) is 0 Å². The highest BCUT2D eigenvalue weighted by Gasteiger charge is 2.20. The lowest BCUT2D eigenvalue weighted by Gasteiger charge is -2.12. The first-order valence-electron chi connectivity index (χ1n) is 8.02. The molecular formula is C18H19N3O4S. The molecule has 0 saturated heterocycles. The van der Waals surface area contributed by atoms with Crippen molar-refractivity contribution in [2.75, 3.05) is 7.11 Å². The highest BCUT2D eigenvalue weighted by Crippen LogP contribution is 2.28. The molecule has 26 heavy (non-hydrogen) atoms. The van der Waals surface area contributed by atoms with Crippen LogP contribution in [0.2, 0.25) is 0 Å². The van der Waals surface area contributed by atoms with E-state index in [4.69, 9.17) is 13.6 Å². The van der Waals surface area contributed by atoms with Gasteiger partial charge in [-0.1, -0.05) is 30.0 Å². The van der Waals surface area contributed by atoms with Crippen molar-refractivity contribution in [1.29, 1.82) is 0 Å². The zero-order valence-electron chi connectivity index (χ0n) is 14.7. The highest BCUT2D eigenvalue weighted by atomic mass is 32.2. The van der Waals surface area contributed by atoms with E-state index in [1.54, 1.807) is 26.4 Å². The summed E-state index contributed by atoms with van der Waals surface area (Å²) < 4.78 is 16.1. The number of rotatable bonds is 7. The van der Waals surface area contributed by atoms with Gasteiger partial charge >= 0.3 is 0 Å². The van der Waals surface area contributed by atoms with E-state index < -0.39 is 0 Å². The first-order valence-corrected chi connectivity index (χ1v) is 8.90. The van der Waals surface area contributed by atoms with Gasteiger partial charge < -0.3 is 18.9 Å². The second kappa shape index (κ2) is 8.09. The lowest BCUT2D eigenvalue weighted by Crippen LogP contribution is -2.30. The molecule has 1 N–H and O–H groups in total. The number of furan rings is 1. The van der Waals surface area contributed by atoms with Crippen molar-refractivity contribution >= 4 is 17.7 Å². The number of thioether (sulfide) groups is 1. The van der Waals surface area contributed by atoms with Gasteiger partial charge in [0.25, 0.3) is 11.1 Å². The SMILES string of the molecule is COc1ccccc1CNC(=O)[C@H](C)Sc1nnc(-c2ccoc2C)o1. The van der Waals surface area contributed by atoms with Crippen molar-refractivity contribution in [3.05, 3.63) is 47.9 Å². The Balaban J connectivity index is 1.58. The van der Waals surface area contributed by atoms with Gasteiger partial charge in [0.2, 0.25) is 5.91 Å². The van der Waals surface area contributed by atoms with Crippen LogP contribution in [0.4, 0.5) is 0 Å². The van der Waals surface area contributed by atoms with Crippen LogP contribution in [0.1, 0.15) is 18.2 Å². The number of hydrogen-bond donors (Lipinski definition) is 1. The fourth-order valence-corrected chi connectivity index (χ4v) is 3.06. The van der Waals surface area contributed by atoms with Crippen molar-refractivity contribution in [1.82, 2.24) is 15.5 Å². The van der Waals surface area contributed by atoms with Gasteiger partial charge in [-0.3, -0.25) is 4.79 Å². The molecule has 0 aliphatic heterocycles. The third-order valence-electron chi connectivity index (χ3n) is 3.79. The number of nitrogens with zero attached hydrogens (tertiary/aromatic N) is 2. The van der Waals surface area contributed by atoms with E-state index >= 15 is 0 Å². The molecule has 1 amide bonds. The first-order chi connectivity index (χ1) is 12.6. The molecule has 0 bridgehead atoms. The molecule has 2 aromatic heterocycles. The fourth-order valence-electron chi connectivity index (χ4n) is 2.35. The van der Waals surface area contributed by atoms with E-state index in [0.717, 1.165) is 16.9 Å².